The zero-order chi connectivity index (χ0) is 16.2. The van der Waals surface area contributed by atoms with Crippen molar-refractivity contribution in [1.82, 2.24) is 4.90 Å². The van der Waals surface area contributed by atoms with Gasteiger partial charge in [0.2, 0.25) is 0 Å². The SMILES string of the molecule is COc1ccc2c3c1O[C@H]1C[C@@H](O)C=C[C@@]31C(C#N)CN(C)C2. The van der Waals surface area contributed by atoms with Gasteiger partial charge < -0.3 is 19.5 Å². The molecule has 0 radical (unpaired) electrons. The van der Waals surface area contributed by atoms with Gasteiger partial charge in [-0.15, -0.1) is 0 Å². The van der Waals surface area contributed by atoms with E-state index in [0.29, 0.717) is 18.7 Å². The summed E-state index contributed by atoms with van der Waals surface area (Å²) in [5, 5.41) is 19.9. The van der Waals surface area contributed by atoms with E-state index in [1.807, 2.05) is 25.3 Å². The number of nitriles is 1. The van der Waals surface area contributed by atoms with E-state index in [-0.39, 0.29) is 12.0 Å². The average molecular weight is 312 g/mol. The van der Waals surface area contributed by atoms with Crippen molar-refractivity contribution in [2.75, 3.05) is 20.7 Å². The summed E-state index contributed by atoms with van der Waals surface area (Å²) in [6.07, 6.45) is 3.55. The van der Waals surface area contributed by atoms with Crippen LogP contribution in [0.1, 0.15) is 17.5 Å². The minimum atomic E-state index is -0.533. The topological polar surface area (TPSA) is 65.7 Å². The molecule has 0 fully saturated rings. The number of nitrogens with zero attached hydrogens (tertiary/aromatic N) is 2. The first kappa shape index (κ1) is 14.6. The van der Waals surface area contributed by atoms with Gasteiger partial charge in [0.25, 0.3) is 0 Å². The summed E-state index contributed by atoms with van der Waals surface area (Å²) in [4.78, 5) is 2.18. The van der Waals surface area contributed by atoms with Gasteiger partial charge in [0.05, 0.1) is 30.6 Å². The van der Waals surface area contributed by atoms with Gasteiger partial charge in [-0.1, -0.05) is 18.2 Å². The van der Waals surface area contributed by atoms with Gasteiger partial charge in [-0.25, -0.2) is 0 Å². The van der Waals surface area contributed by atoms with Crippen molar-refractivity contribution >= 4 is 0 Å². The van der Waals surface area contributed by atoms with Crippen LogP contribution in [0.5, 0.6) is 11.5 Å². The number of hydrogen-bond acceptors (Lipinski definition) is 5. The summed E-state index contributed by atoms with van der Waals surface area (Å²) < 4.78 is 11.7. The number of aliphatic hydroxyl groups is 1. The second-order valence-corrected chi connectivity index (χ2v) is 6.71. The normalized spacial score (nSPS) is 34.8. The lowest BCUT2D eigenvalue weighted by Crippen LogP contribution is -2.48. The molecule has 120 valence electrons. The maximum Gasteiger partial charge on any atom is 0.166 e. The molecule has 2 aliphatic heterocycles. The van der Waals surface area contributed by atoms with Crippen LogP contribution in [0.3, 0.4) is 0 Å². The Kier molecular flexibility index (Phi) is 3.15. The van der Waals surface area contributed by atoms with Crippen molar-refractivity contribution in [2.45, 2.75) is 30.6 Å². The van der Waals surface area contributed by atoms with E-state index >= 15 is 0 Å². The summed E-state index contributed by atoms with van der Waals surface area (Å²) in [6.45, 7) is 1.45. The molecule has 5 nitrogen and oxygen atoms in total. The van der Waals surface area contributed by atoms with E-state index in [1.165, 1.54) is 5.56 Å². The van der Waals surface area contributed by atoms with Gasteiger partial charge >= 0.3 is 0 Å². The van der Waals surface area contributed by atoms with E-state index in [0.717, 1.165) is 17.9 Å². The zero-order valence-electron chi connectivity index (χ0n) is 13.3. The fourth-order valence-electron chi connectivity index (χ4n) is 4.37. The van der Waals surface area contributed by atoms with E-state index < -0.39 is 11.5 Å². The van der Waals surface area contributed by atoms with Crippen LogP contribution in [-0.2, 0) is 12.0 Å². The largest absolute Gasteiger partial charge is 0.493 e. The van der Waals surface area contributed by atoms with Gasteiger partial charge in [-0.3, -0.25) is 0 Å². The van der Waals surface area contributed by atoms with Crippen molar-refractivity contribution in [3.63, 3.8) is 0 Å². The Hall–Kier alpha value is -2.03. The quantitative estimate of drug-likeness (QED) is 0.798. The zero-order valence-corrected chi connectivity index (χ0v) is 13.3. The molecule has 1 aromatic rings. The first-order valence-corrected chi connectivity index (χ1v) is 7.92. The van der Waals surface area contributed by atoms with Crippen molar-refractivity contribution in [1.29, 1.82) is 5.26 Å². The number of methoxy groups -OCH3 is 1. The molecule has 0 bridgehead atoms. The Labute approximate surface area is 135 Å². The first-order valence-electron chi connectivity index (χ1n) is 7.92. The summed E-state index contributed by atoms with van der Waals surface area (Å²) in [5.74, 6) is 1.21. The highest BCUT2D eigenvalue weighted by molar-refractivity contribution is 5.62. The number of benzene rings is 1. The highest BCUT2D eigenvalue weighted by Gasteiger charge is 2.57. The van der Waals surface area contributed by atoms with Crippen molar-refractivity contribution in [2.24, 2.45) is 5.92 Å². The van der Waals surface area contributed by atoms with E-state index in [9.17, 15) is 10.4 Å². The number of ether oxygens (including phenoxy) is 2. The average Bonchev–Trinajstić information content (AvgIpc) is 2.81. The molecule has 0 saturated heterocycles. The van der Waals surface area contributed by atoms with Gasteiger partial charge in [0.15, 0.2) is 11.5 Å². The predicted octanol–water partition coefficient (Wildman–Crippen LogP) is 1.60. The third kappa shape index (κ3) is 1.85. The van der Waals surface area contributed by atoms with Crippen LogP contribution >= 0.6 is 0 Å². The summed E-state index contributed by atoms with van der Waals surface area (Å²) in [7, 11) is 3.67. The molecule has 5 heteroatoms. The molecule has 0 amide bonds. The minimum absolute atomic E-state index is 0.226. The van der Waals surface area contributed by atoms with Crippen LogP contribution in [0.2, 0.25) is 0 Å². The van der Waals surface area contributed by atoms with Gasteiger partial charge in [-0.05, 0) is 18.7 Å². The van der Waals surface area contributed by atoms with Crippen molar-refractivity contribution in [3.05, 3.63) is 35.4 Å². The third-order valence-corrected chi connectivity index (χ3v) is 5.37. The first-order chi connectivity index (χ1) is 11.1. The standard InChI is InChI=1S/C18H20N2O3/c1-20-9-11-3-4-14(22-2)17-16(11)18(12(8-19)10-20)6-5-13(21)7-15(18)23-17/h3-6,12-13,15,21H,7,9-10H2,1-2H3/t12?,13-,15-,18-/m0/s1. The smallest absolute Gasteiger partial charge is 0.166 e. The molecular formula is C18H20N2O3. The van der Waals surface area contributed by atoms with Crippen LogP contribution in [0.25, 0.3) is 0 Å². The highest BCUT2D eigenvalue weighted by Crippen LogP contribution is 2.57. The van der Waals surface area contributed by atoms with Gasteiger partial charge in [0, 0.05) is 25.1 Å². The van der Waals surface area contributed by atoms with E-state index in [2.05, 4.69) is 17.0 Å². The lowest BCUT2D eigenvalue weighted by Gasteiger charge is -2.38. The molecule has 1 unspecified atom stereocenters. The van der Waals surface area contributed by atoms with E-state index in [4.69, 9.17) is 9.47 Å². The molecule has 1 aromatic carbocycles. The van der Waals surface area contributed by atoms with Crippen LogP contribution in [0, 0.1) is 17.2 Å². The fraction of sp³-hybridized carbons (Fsp3) is 0.500. The maximum atomic E-state index is 10.0. The molecular weight excluding hydrogens is 292 g/mol. The molecule has 0 saturated carbocycles. The summed E-state index contributed by atoms with van der Waals surface area (Å²) in [6, 6.07) is 6.50. The van der Waals surface area contributed by atoms with Crippen LogP contribution in [0.4, 0.5) is 0 Å². The second kappa shape index (κ2) is 4.98. The number of rotatable bonds is 1. The molecule has 1 spiro atoms. The van der Waals surface area contributed by atoms with Crippen LogP contribution < -0.4 is 9.47 Å². The Morgan fingerprint density at radius 2 is 2.30 bits per heavy atom. The Morgan fingerprint density at radius 3 is 3.04 bits per heavy atom. The number of aliphatic hydroxyl groups excluding tert-OH is 1. The highest BCUT2D eigenvalue weighted by atomic mass is 16.5. The summed E-state index contributed by atoms with van der Waals surface area (Å²) in [5.41, 5.74) is 1.74. The molecule has 2 heterocycles. The van der Waals surface area contributed by atoms with Gasteiger partial charge in [-0.2, -0.15) is 5.26 Å². The van der Waals surface area contributed by atoms with E-state index in [1.54, 1.807) is 7.11 Å². The number of hydrogen-bond donors (Lipinski definition) is 1. The van der Waals surface area contributed by atoms with Crippen LogP contribution in [0.15, 0.2) is 24.3 Å². The van der Waals surface area contributed by atoms with Crippen molar-refractivity contribution < 1.29 is 14.6 Å². The monoisotopic (exact) mass is 312 g/mol. The molecule has 0 aromatic heterocycles. The Morgan fingerprint density at radius 1 is 1.48 bits per heavy atom. The van der Waals surface area contributed by atoms with Gasteiger partial charge in [0.1, 0.15) is 6.10 Å². The lowest BCUT2D eigenvalue weighted by molar-refractivity contribution is 0.0696. The Balaban J connectivity index is 2.02. The molecule has 4 rings (SSSR count). The third-order valence-electron chi connectivity index (χ3n) is 5.37. The molecule has 4 atom stereocenters. The lowest BCUT2D eigenvalue weighted by atomic mass is 9.64. The molecule has 23 heavy (non-hydrogen) atoms. The molecule has 3 aliphatic rings. The minimum Gasteiger partial charge on any atom is -0.493 e. The second-order valence-electron chi connectivity index (χ2n) is 6.71. The predicted molar refractivity (Wildman–Crippen MR) is 84.3 cm³/mol. The molecule has 1 N–H and O–H groups in total. The van der Waals surface area contributed by atoms with Crippen LogP contribution in [-0.4, -0.2) is 42.9 Å². The fourth-order valence-corrected chi connectivity index (χ4v) is 4.37. The summed E-state index contributed by atoms with van der Waals surface area (Å²) >= 11 is 0. The Bertz CT molecular complexity index is 724. The maximum absolute atomic E-state index is 10.0. The van der Waals surface area contributed by atoms with Crippen molar-refractivity contribution in [3.8, 4) is 17.6 Å². The molecule has 1 aliphatic carbocycles.